The molecular weight excluding hydrogens is 847 g/mol. The third-order valence-electron chi connectivity index (χ3n) is 10.7. The zero-order chi connectivity index (χ0) is 44.4. The van der Waals surface area contributed by atoms with Gasteiger partial charge in [-0.2, -0.15) is 18.4 Å². The van der Waals surface area contributed by atoms with Crippen LogP contribution in [0.5, 0.6) is 5.75 Å². The van der Waals surface area contributed by atoms with Crippen LogP contribution in [0.25, 0.3) is 0 Å². The van der Waals surface area contributed by atoms with Gasteiger partial charge in [-0.1, -0.05) is 11.6 Å². The van der Waals surface area contributed by atoms with Crippen LogP contribution in [0, 0.1) is 11.3 Å². The largest absolute Gasteiger partial charge is 0.492 e. The first-order valence-corrected chi connectivity index (χ1v) is 20.0. The summed E-state index contributed by atoms with van der Waals surface area (Å²) in [6.45, 7) is 7.44. The number of ether oxygens (including phenoxy) is 1. The maximum atomic E-state index is 13.9. The highest BCUT2D eigenvalue weighted by Crippen LogP contribution is 2.41. The molecule has 20 heteroatoms. The molecule has 0 saturated carbocycles. The fourth-order valence-electron chi connectivity index (χ4n) is 7.59. The van der Waals surface area contributed by atoms with Gasteiger partial charge in [0.2, 0.25) is 24.1 Å². The van der Waals surface area contributed by atoms with E-state index in [1.54, 1.807) is 24.3 Å². The Labute approximate surface area is 358 Å². The number of hydrogen-bond donors (Lipinski definition) is 3. The molecule has 3 aromatic rings. The minimum absolute atomic E-state index is 0.0310. The number of nitrogens with one attached hydrogen (secondary N) is 3. The first-order chi connectivity index (χ1) is 28.7. The second-order valence-corrected chi connectivity index (χ2v) is 16.2. The van der Waals surface area contributed by atoms with Crippen LogP contribution >= 0.6 is 23.8 Å². The normalized spacial score (nSPS) is 19.9. The fourth-order valence-corrected chi connectivity index (χ4v) is 8.34. The Morgan fingerprint density at radius 3 is 2.46 bits per heavy atom. The summed E-state index contributed by atoms with van der Waals surface area (Å²) in [6.07, 6.45) is -7.79. The molecule has 1 unspecified atom stereocenters. The van der Waals surface area contributed by atoms with Crippen molar-refractivity contribution in [1.29, 1.82) is 5.26 Å². The monoisotopic (exact) mass is 888 g/mol. The second-order valence-electron chi connectivity index (χ2n) is 15.4. The van der Waals surface area contributed by atoms with Gasteiger partial charge in [0.05, 0.1) is 29.4 Å². The summed E-state index contributed by atoms with van der Waals surface area (Å²) < 4.78 is 75.1. The van der Waals surface area contributed by atoms with E-state index in [4.69, 9.17) is 28.6 Å². The number of piperazine rings is 1. The van der Waals surface area contributed by atoms with Crippen molar-refractivity contribution in [3.63, 3.8) is 0 Å². The Morgan fingerprint density at radius 1 is 1.07 bits per heavy atom. The van der Waals surface area contributed by atoms with Gasteiger partial charge in [0.15, 0.2) is 5.11 Å². The number of carbonyl (C=O) groups excluding carboxylic acids is 4. The van der Waals surface area contributed by atoms with Crippen molar-refractivity contribution >= 4 is 75.3 Å². The Morgan fingerprint density at radius 2 is 1.79 bits per heavy atom. The van der Waals surface area contributed by atoms with Gasteiger partial charge in [0.25, 0.3) is 5.91 Å². The van der Waals surface area contributed by atoms with E-state index in [9.17, 15) is 46.4 Å². The zero-order valence-electron chi connectivity index (χ0n) is 33.2. The average molecular weight is 889 g/mol. The molecule has 6 rings (SSSR count). The van der Waals surface area contributed by atoms with Gasteiger partial charge in [-0.3, -0.25) is 39.2 Å². The average Bonchev–Trinajstić information content (AvgIpc) is 3.35. The lowest BCUT2D eigenvalue weighted by atomic mass is 10.0. The van der Waals surface area contributed by atoms with Crippen molar-refractivity contribution in [2.45, 2.75) is 70.3 Å². The minimum atomic E-state index is -4.88. The summed E-state index contributed by atoms with van der Waals surface area (Å²) in [6, 6.07) is 13.0. The van der Waals surface area contributed by atoms with E-state index >= 15 is 0 Å². The van der Waals surface area contributed by atoms with Crippen molar-refractivity contribution in [2.75, 3.05) is 59.8 Å². The molecule has 0 aromatic heterocycles. The molecule has 0 radical (unpaired) electrons. The molecule has 0 bridgehead atoms. The number of benzene rings is 3. The topological polar surface area (TPSA) is 150 Å². The standard InChI is InChI=1S/C41H42ClF5N8O5S/c1-23-21-52(10-11-53(23)22-36(57)50-28-17-26(42)16-27(18-28)49-32-7-9-35(56)51-37(32)58)12-13-60-33-8-6-30(14-25(33)15-34(43)44)55-39(61)54(38(59)40(55,2)3)29-5-4-24(20-48)31(19-29)41(45,46)47/h4-6,8,14,16-19,23,32,34,49H,7,9-13,15,21-22H2,1-3H3,(H,50,57)(H,51,56,58)/t23-,32?/m1/s1. The maximum absolute atomic E-state index is 13.9. The highest BCUT2D eigenvalue weighted by Gasteiger charge is 2.51. The summed E-state index contributed by atoms with van der Waals surface area (Å²) in [5.41, 5.74) is -2.14. The van der Waals surface area contributed by atoms with Gasteiger partial charge in [-0.25, -0.2) is 8.78 Å². The number of halogens is 6. The van der Waals surface area contributed by atoms with Gasteiger partial charge < -0.3 is 20.3 Å². The van der Waals surface area contributed by atoms with E-state index in [0.29, 0.717) is 55.1 Å². The van der Waals surface area contributed by atoms with Crippen LogP contribution in [0.1, 0.15) is 50.3 Å². The van der Waals surface area contributed by atoms with Crippen LogP contribution in [0.3, 0.4) is 0 Å². The zero-order valence-corrected chi connectivity index (χ0v) is 34.8. The number of carbonyl (C=O) groups is 4. The Hall–Kier alpha value is -5.42. The molecule has 13 nitrogen and oxygen atoms in total. The molecule has 4 amide bonds. The fraction of sp³-hybridized carbons (Fsp3) is 0.415. The highest BCUT2D eigenvalue weighted by molar-refractivity contribution is 7.81. The maximum Gasteiger partial charge on any atom is 0.417 e. The number of rotatable bonds is 13. The van der Waals surface area contributed by atoms with Crippen LogP contribution in [-0.4, -0.2) is 102 Å². The molecule has 61 heavy (non-hydrogen) atoms. The van der Waals surface area contributed by atoms with Gasteiger partial charge in [0, 0.05) is 72.7 Å². The van der Waals surface area contributed by atoms with Crippen LogP contribution in [0.2, 0.25) is 5.02 Å². The SMILES string of the molecule is C[C@@H]1CN(CCOc2ccc(N3C(=S)N(c4ccc(C#N)c(C(F)(F)F)c4)C(=O)C3(C)C)cc2CC(F)F)CCN1CC(=O)Nc1cc(Cl)cc(NC2CCC(=O)NC2=O)c1. The predicted octanol–water partition coefficient (Wildman–Crippen LogP) is 6.20. The first-order valence-electron chi connectivity index (χ1n) is 19.3. The Kier molecular flexibility index (Phi) is 13.5. The second kappa shape index (κ2) is 18.3. The van der Waals surface area contributed by atoms with E-state index in [0.717, 1.165) is 11.0 Å². The third kappa shape index (κ3) is 10.4. The number of amides is 4. The first kappa shape index (κ1) is 45.1. The minimum Gasteiger partial charge on any atom is -0.492 e. The van der Waals surface area contributed by atoms with Crippen molar-refractivity contribution in [3.05, 3.63) is 76.3 Å². The van der Waals surface area contributed by atoms with Crippen LogP contribution in [0.15, 0.2) is 54.6 Å². The van der Waals surface area contributed by atoms with Crippen LogP contribution in [-0.2, 0) is 31.8 Å². The van der Waals surface area contributed by atoms with Crippen molar-refractivity contribution in [3.8, 4) is 11.8 Å². The molecule has 3 aliphatic heterocycles. The number of imide groups is 1. The predicted molar refractivity (Wildman–Crippen MR) is 222 cm³/mol. The van der Waals surface area contributed by atoms with E-state index in [2.05, 4.69) is 20.9 Å². The number of alkyl halides is 5. The molecule has 3 heterocycles. The number of nitrogens with zero attached hydrogens (tertiary/aromatic N) is 5. The molecule has 3 N–H and O–H groups in total. The lowest BCUT2D eigenvalue weighted by molar-refractivity contribution is -0.138. The summed E-state index contributed by atoms with van der Waals surface area (Å²) >= 11 is 11.9. The van der Waals surface area contributed by atoms with Crippen molar-refractivity contribution in [2.24, 2.45) is 0 Å². The highest BCUT2D eigenvalue weighted by atomic mass is 35.5. The van der Waals surface area contributed by atoms with Gasteiger partial charge in [-0.15, -0.1) is 0 Å². The number of piperidine rings is 1. The molecule has 0 aliphatic carbocycles. The van der Waals surface area contributed by atoms with E-state index < -0.39 is 53.5 Å². The summed E-state index contributed by atoms with van der Waals surface area (Å²) in [7, 11) is 0. The number of anilines is 4. The van der Waals surface area contributed by atoms with E-state index in [-0.39, 0.29) is 65.2 Å². The number of thiocarbonyl (C=S) groups is 1. The van der Waals surface area contributed by atoms with Crippen LogP contribution < -0.4 is 30.5 Å². The number of nitriles is 1. The van der Waals surface area contributed by atoms with Crippen molar-refractivity contribution < 1.29 is 45.9 Å². The summed E-state index contributed by atoms with van der Waals surface area (Å²) in [5.74, 6) is -1.50. The van der Waals surface area contributed by atoms with Crippen LogP contribution in [0.4, 0.5) is 44.7 Å². The summed E-state index contributed by atoms with van der Waals surface area (Å²) in [5, 5.41) is 17.6. The molecule has 2 atom stereocenters. The lowest BCUT2D eigenvalue weighted by Crippen LogP contribution is -2.54. The van der Waals surface area contributed by atoms with E-state index in [1.165, 1.54) is 43.0 Å². The van der Waals surface area contributed by atoms with E-state index in [1.807, 2.05) is 11.8 Å². The van der Waals surface area contributed by atoms with Crippen molar-refractivity contribution in [1.82, 2.24) is 15.1 Å². The number of hydrogen-bond acceptors (Lipinski definition) is 10. The van der Waals surface area contributed by atoms with Gasteiger partial charge >= 0.3 is 6.18 Å². The third-order valence-corrected chi connectivity index (χ3v) is 11.2. The molecule has 324 valence electrons. The molecule has 3 saturated heterocycles. The lowest BCUT2D eigenvalue weighted by Gasteiger charge is -2.39. The Bertz CT molecular complexity index is 2270. The molecule has 3 aromatic carbocycles. The molecule has 0 spiro atoms. The summed E-state index contributed by atoms with van der Waals surface area (Å²) in [4.78, 5) is 56.9. The smallest absolute Gasteiger partial charge is 0.417 e. The quantitative estimate of drug-likeness (QED) is 0.102. The molecule has 3 aliphatic rings. The van der Waals surface area contributed by atoms with Gasteiger partial charge in [-0.05, 0) is 94.0 Å². The van der Waals surface area contributed by atoms with Gasteiger partial charge in [0.1, 0.15) is 23.9 Å². The molecule has 3 fully saturated rings. The molecular formula is C41H42ClF5N8O5S. The Balaban J connectivity index is 1.05.